The van der Waals surface area contributed by atoms with Gasteiger partial charge in [-0.25, -0.2) is 4.79 Å². The standard InChI is InChI=1S/C9H13NO3/c1-2-7-13-9(12)10-5-3-8(11)4-6-10/h2H,1,3-7H2. The minimum atomic E-state index is -0.354. The molecule has 1 fully saturated rings. The summed E-state index contributed by atoms with van der Waals surface area (Å²) in [6.07, 6.45) is 2.06. The molecule has 0 aromatic rings. The van der Waals surface area contributed by atoms with Gasteiger partial charge in [0.2, 0.25) is 0 Å². The maximum Gasteiger partial charge on any atom is 0.410 e. The average Bonchev–Trinajstić information content (AvgIpc) is 2.15. The molecule has 4 heteroatoms. The fourth-order valence-corrected chi connectivity index (χ4v) is 1.16. The van der Waals surface area contributed by atoms with Crippen LogP contribution < -0.4 is 0 Å². The van der Waals surface area contributed by atoms with Crippen LogP contribution in [0, 0.1) is 0 Å². The van der Waals surface area contributed by atoms with Crippen molar-refractivity contribution in [2.24, 2.45) is 0 Å². The van der Waals surface area contributed by atoms with Gasteiger partial charge in [0.1, 0.15) is 12.4 Å². The Bertz CT molecular complexity index is 215. The molecule has 72 valence electrons. The van der Waals surface area contributed by atoms with Gasteiger partial charge < -0.3 is 9.64 Å². The predicted molar refractivity (Wildman–Crippen MR) is 47.4 cm³/mol. The molecule has 0 N–H and O–H groups in total. The summed E-state index contributed by atoms with van der Waals surface area (Å²) in [5.41, 5.74) is 0. The van der Waals surface area contributed by atoms with Gasteiger partial charge >= 0.3 is 6.09 Å². The van der Waals surface area contributed by atoms with Crippen LogP contribution in [0.15, 0.2) is 12.7 Å². The number of carbonyl (C=O) groups excluding carboxylic acids is 2. The van der Waals surface area contributed by atoms with Gasteiger partial charge in [-0.2, -0.15) is 0 Å². The summed E-state index contributed by atoms with van der Waals surface area (Å²) < 4.78 is 4.82. The minimum absolute atomic E-state index is 0.216. The molecule has 0 aromatic heterocycles. The quantitative estimate of drug-likeness (QED) is 0.599. The van der Waals surface area contributed by atoms with Crippen LogP contribution in [0.2, 0.25) is 0 Å². The third-order valence-corrected chi connectivity index (χ3v) is 1.90. The highest BCUT2D eigenvalue weighted by Crippen LogP contribution is 2.06. The van der Waals surface area contributed by atoms with E-state index in [0.717, 1.165) is 0 Å². The zero-order valence-corrected chi connectivity index (χ0v) is 7.49. The Morgan fingerprint density at radius 1 is 1.54 bits per heavy atom. The first-order chi connectivity index (χ1) is 6.24. The van der Waals surface area contributed by atoms with Gasteiger partial charge in [-0.15, -0.1) is 0 Å². The number of ether oxygens (including phenoxy) is 1. The van der Waals surface area contributed by atoms with Crippen LogP contribution in [0.4, 0.5) is 4.79 Å². The fourth-order valence-electron chi connectivity index (χ4n) is 1.16. The number of nitrogens with zero attached hydrogens (tertiary/aromatic N) is 1. The highest BCUT2D eigenvalue weighted by molar-refractivity contribution is 5.81. The van der Waals surface area contributed by atoms with E-state index in [1.54, 1.807) is 4.90 Å². The Hall–Kier alpha value is -1.32. The Kier molecular flexibility index (Phi) is 3.49. The van der Waals surface area contributed by atoms with E-state index in [4.69, 9.17) is 4.74 Å². The molecule has 1 aliphatic heterocycles. The molecule has 0 radical (unpaired) electrons. The molecule has 0 unspecified atom stereocenters. The maximum atomic E-state index is 11.2. The predicted octanol–water partition coefficient (Wildman–Crippen LogP) is 0.974. The second-order valence-electron chi connectivity index (χ2n) is 2.89. The summed E-state index contributed by atoms with van der Waals surface area (Å²) in [6.45, 7) is 4.63. The van der Waals surface area contributed by atoms with E-state index in [1.165, 1.54) is 6.08 Å². The molecular weight excluding hydrogens is 170 g/mol. The smallest absolute Gasteiger partial charge is 0.410 e. The SMILES string of the molecule is C=CCOC(=O)N1CCC(=O)CC1. The number of ketones is 1. The van der Waals surface area contributed by atoms with Crippen molar-refractivity contribution >= 4 is 11.9 Å². The molecule has 13 heavy (non-hydrogen) atoms. The van der Waals surface area contributed by atoms with Crippen LogP contribution in [0.1, 0.15) is 12.8 Å². The molecule has 0 aromatic carbocycles. The van der Waals surface area contributed by atoms with Gasteiger partial charge in [0.05, 0.1) is 0 Å². The summed E-state index contributed by atoms with van der Waals surface area (Å²) >= 11 is 0. The van der Waals surface area contributed by atoms with E-state index in [2.05, 4.69) is 6.58 Å². The van der Waals surface area contributed by atoms with Gasteiger partial charge in [-0.05, 0) is 0 Å². The zero-order chi connectivity index (χ0) is 9.68. The number of rotatable bonds is 2. The number of hydrogen-bond donors (Lipinski definition) is 0. The second-order valence-corrected chi connectivity index (χ2v) is 2.89. The van der Waals surface area contributed by atoms with Crippen LogP contribution in [-0.2, 0) is 9.53 Å². The molecule has 0 atom stereocenters. The molecule has 1 saturated heterocycles. The van der Waals surface area contributed by atoms with E-state index in [9.17, 15) is 9.59 Å². The lowest BCUT2D eigenvalue weighted by Gasteiger charge is -2.24. The van der Waals surface area contributed by atoms with Crippen LogP contribution in [0.3, 0.4) is 0 Å². The van der Waals surface area contributed by atoms with Crippen molar-refractivity contribution in [1.82, 2.24) is 4.90 Å². The summed E-state index contributed by atoms with van der Waals surface area (Å²) in [4.78, 5) is 23.6. The molecule has 1 aliphatic rings. The lowest BCUT2D eigenvalue weighted by atomic mass is 10.1. The number of Topliss-reactive ketones (excluding diaryl/α,β-unsaturated/α-hetero) is 1. The molecule has 0 spiro atoms. The molecule has 0 saturated carbocycles. The lowest BCUT2D eigenvalue weighted by Crippen LogP contribution is -2.38. The monoisotopic (exact) mass is 183 g/mol. The molecule has 4 nitrogen and oxygen atoms in total. The molecule has 1 amide bonds. The molecule has 1 heterocycles. The normalized spacial score (nSPS) is 16.9. The Morgan fingerprint density at radius 3 is 2.69 bits per heavy atom. The molecule has 0 aliphatic carbocycles. The summed E-state index contributed by atoms with van der Waals surface area (Å²) in [7, 11) is 0. The lowest BCUT2D eigenvalue weighted by molar-refractivity contribution is -0.121. The van der Waals surface area contributed by atoms with Crippen molar-refractivity contribution in [1.29, 1.82) is 0 Å². The van der Waals surface area contributed by atoms with Crippen LogP contribution in [-0.4, -0.2) is 36.5 Å². The van der Waals surface area contributed by atoms with E-state index in [-0.39, 0.29) is 18.5 Å². The Morgan fingerprint density at radius 2 is 2.15 bits per heavy atom. The summed E-state index contributed by atoms with van der Waals surface area (Å²) in [5.74, 6) is 0.216. The van der Waals surface area contributed by atoms with Crippen LogP contribution in [0.5, 0.6) is 0 Å². The van der Waals surface area contributed by atoms with Crippen molar-refractivity contribution in [3.05, 3.63) is 12.7 Å². The summed E-state index contributed by atoms with van der Waals surface area (Å²) in [5, 5.41) is 0. The number of hydrogen-bond acceptors (Lipinski definition) is 3. The number of amides is 1. The Balaban J connectivity index is 2.31. The van der Waals surface area contributed by atoms with Gasteiger partial charge in [-0.3, -0.25) is 4.79 Å². The van der Waals surface area contributed by atoms with Crippen LogP contribution >= 0.6 is 0 Å². The highest BCUT2D eigenvalue weighted by Gasteiger charge is 2.21. The van der Waals surface area contributed by atoms with E-state index in [0.29, 0.717) is 25.9 Å². The number of piperidine rings is 1. The molecule has 1 rings (SSSR count). The zero-order valence-electron chi connectivity index (χ0n) is 7.49. The van der Waals surface area contributed by atoms with Crippen molar-refractivity contribution in [2.75, 3.05) is 19.7 Å². The minimum Gasteiger partial charge on any atom is -0.445 e. The number of carbonyl (C=O) groups is 2. The highest BCUT2D eigenvalue weighted by atomic mass is 16.6. The summed E-state index contributed by atoms with van der Waals surface area (Å²) in [6, 6.07) is 0. The van der Waals surface area contributed by atoms with Crippen molar-refractivity contribution < 1.29 is 14.3 Å². The van der Waals surface area contributed by atoms with E-state index < -0.39 is 0 Å². The van der Waals surface area contributed by atoms with Crippen molar-refractivity contribution in [2.45, 2.75) is 12.8 Å². The Labute approximate surface area is 77.2 Å². The van der Waals surface area contributed by atoms with Crippen molar-refractivity contribution in [3.63, 3.8) is 0 Å². The van der Waals surface area contributed by atoms with Gasteiger partial charge in [0, 0.05) is 25.9 Å². The number of likely N-dealkylation sites (tertiary alicyclic amines) is 1. The second kappa shape index (κ2) is 4.64. The third kappa shape index (κ3) is 2.89. The topological polar surface area (TPSA) is 46.6 Å². The molecule has 0 bridgehead atoms. The van der Waals surface area contributed by atoms with E-state index in [1.807, 2.05) is 0 Å². The third-order valence-electron chi connectivity index (χ3n) is 1.90. The average molecular weight is 183 g/mol. The maximum absolute atomic E-state index is 11.2. The van der Waals surface area contributed by atoms with Crippen molar-refractivity contribution in [3.8, 4) is 0 Å². The molecular formula is C9H13NO3. The first-order valence-corrected chi connectivity index (χ1v) is 4.28. The van der Waals surface area contributed by atoms with E-state index >= 15 is 0 Å². The fraction of sp³-hybridized carbons (Fsp3) is 0.556. The van der Waals surface area contributed by atoms with Gasteiger partial charge in [0.25, 0.3) is 0 Å². The van der Waals surface area contributed by atoms with Crippen LogP contribution in [0.25, 0.3) is 0 Å². The largest absolute Gasteiger partial charge is 0.445 e. The van der Waals surface area contributed by atoms with Gasteiger partial charge in [0.15, 0.2) is 0 Å². The first-order valence-electron chi connectivity index (χ1n) is 4.28. The van der Waals surface area contributed by atoms with Gasteiger partial charge in [-0.1, -0.05) is 12.7 Å². The first kappa shape index (κ1) is 9.77.